The second kappa shape index (κ2) is 6.68. The summed E-state index contributed by atoms with van der Waals surface area (Å²) in [6.07, 6.45) is 0. The number of hydrogen-bond donors (Lipinski definition) is 1. The first kappa shape index (κ1) is 14.8. The molecule has 1 aromatic carbocycles. The summed E-state index contributed by atoms with van der Waals surface area (Å²) in [5.74, 6) is 0. The molecule has 0 unspecified atom stereocenters. The third-order valence-corrected chi connectivity index (χ3v) is 3.73. The largest absolute Gasteiger partial charge is 0.329 e. The molecular formula is C16H24N4. The molecule has 0 saturated carbocycles. The summed E-state index contributed by atoms with van der Waals surface area (Å²) in [5.41, 5.74) is 10.7. The van der Waals surface area contributed by atoms with Gasteiger partial charge in [-0.3, -0.25) is 9.58 Å². The zero-order chi connectivity index (χ0) is 14.5. The van der Waals surface area contributed by atoms with Gasteiger partial charge in [-0.2, -0.15) is 5.10 Å². The van der Waals surface area contributed by atoms with Gasteiger partial charge >= 0.3 is 0 Å². The zero-order valence-corrected chi connectivity index (χ0v) is 12.6. The first-order valence-corrected chi connectivity index (χ1v) is 7.07. The number of rotatable bonds is 6. The molecule has 0 spiro atoms. The summed E-state index contributed by atoms with van der Waals surface area (Å²) in [5, 5.41) is 4.49. The number of aromatic nitrogens is 2. The lowest BCUT2D eigenvalue weighted by Crippen LogP contribution is -2.29. The van der Waals surface area contributed by atoms with E-state index in [2.05, 4.69) is 48.1 Å². The van der Waals surface area contributed by atoms with Gasteiger partial charge in [-0.25, -0.2) is 0 Å². The standard InChI is InChI=1S/C16H24N4/c1-13-16(14(2)19(3)18-13)12-20(10-9-17)11-15-7-5-4-6-8-15/h4-8H,9-12,17H2,1-3H3. The van der Waals surface area contributed by atoms with E-state index in [1.807, 2.05) is 17.8 Å². The van der Waals surface area contributed by atoms with Crippen LogP contribution >= 0.6 is 0 Å². The second-order valence-corrected chi connectivity index (χ2v) is 5.26. The Kier molecular flexibility index (Phi) is 4.93. The van der Waals surface area contributed by atoms with Crippen molar-refractivity contribution in [1.29, 1.82) is 0 Å². The summed E-state index contributed by atoms with van der Waals surface area (Å²) >= 11 is 0. The first-order chi connectivity index (χ1) is 9.61. The highest BCUT2D eigenvalue weighted by Crippen LogP contribution is 2.16. The minimum Gasteiger partial charge on any atom is -0.329 e. The van der Waals surface area contributed by atoms with E-state index >= 15 is 0 Å². The predicted octanol–water partition coefficient (Wildman–Crippen LogP) is 2.00. The predicted molar refractivity (Wildman–Crippen MR) is 82.3 cm³/mol. The van der Waals surface area contributed by atoms with E-state index in [0.29, 0.717) is 6.54 Å². The Balaban J connectivity index is 2.13. The van der Waals surface area contributed by atoms with Crippen LogP contribution in [0.4, 0.5) is 0 Å². The third kappa shape index (κ3) is 3.46. The highest BCUT2D eigenvalue weighted by atomic mass is 15.3. The van der Waals surface area contributed by atoms with Crippen molar-refractivity contribution < 1.29 is 0 Å². The van der Waals surface area contributed by atoms with Crippen molar-refractivity contribution in [3.05, 3.63) is 52.8 Å². The topological polar surface area (TPSA) is 47.1 Å². The second-order valence-electron chi connectivity index (χ2n) is 5.26. The van der Waals surface area contributed by atoms with Crippen molar-refractivity contribution in [2.24, 2.45) is 12.8 Å². The molecule has 2 aromatic rings. The van der Waals surface area contributed by atoms with E-state index in [4.69, 9.17) is 5.73 Å². The van der Waals surface area contributed by atoms with Crippen LogP contribution in [0.15, 0.2) is 30.3 Å². The lowest BCUT2D eigenvalue weighted by atomic mass is 10.1. The van der Waals surface area contributed by atoms with Crippen molar-refractivity contribution >= 4 is 0 Å². The minimum atomic E-state index is 0.672. The van der Waals surface area contributed by atoms with Crippen LogP contribution in [0.3, 0.4) is 0 Å². The van der Waals surface area contributed by atoms with Crippen LogP contribution in [0.1, 0.15) is 22.5 Å². The Morgan fingerprint density at radius 2 is 1.85 bits per heavy atom. The van der Waals surface area contributed by atoms with Crippen LogP contribution in [0.25, 0.3) is 0 Å². The van der Waals surface area contributed by atoms with E-state index in [-0.39, 0.29) is 0 Å². The number of hydrogen-bond acceptors (Lipinski definition) is 3. The fourth-order valence-electron chi connectivity index (χ4n) is 2.51. The smallest absolute Gasteiger partial charge is 0.0641 e. The Labute approximate surface area is 121 Å². The van der Waals surface area contributed by atoms with Gasteiger partial charge < -0.3 is 5.73 Å². The molecule has 0 radical (unpaired) electrons. The van der Waals surface area contributed by atoms with Gasteiger partial charge in [0.15, 0.2) is 0 Å². The van der Waals surface area contributed by atoms with Crippen LogP contribution in [0, 0.1) is 13.8 Å². The van der Waals surface area contributed by atoms with E-state index in [9.17, 15) is 0 Å². The quantitative estimate of drug-likeness (QED) is 0.875. The molecule has 108 valence electrons. The van der Waals surface area contributed by atoms with Gasteiger partial charge in [-0.15, -0.1) is 0 Å². The fraction of sp³-hybridized carbons (Fsp3) is 0.438. The van der Waals surface area contributed by atoms with Gasteiger partial charge in [0, 0.05) is 44.5 Å². The molecule has 4 nitrogen and oxygen atoms in total. The number of nitrogens with zero attached hydrogens (tertiary/aromatic N) is 3. The normalized spacial score (nSPS) is 11.2. The Morgan fingerprint density at radius 3 is 2.40 bits per heavy atom. The van der Waals surface area contributed by atoms with Gasteiger partial charge in [0.1, 0.15) is 0 Å². The molecule has 0 amide bonds. The molecule has 2 rings (SSSR count). The summed E-state index contributed by atoms with van der Waals surface area (Å²) in [4.78, 5) is 2.38. The van der Waals surface area contributed by atoms with Crippen LogP contribution in [0.5, 0.6) is 0 Å². The van der Waals surface area contributed by atoms with Gasteiger partial charge in [0.05, 0.1) is 5.69 Å². The lowest BCUT2D eigenvalue weighted by Gasteiger charge is -2.22. The van der Waals surface area contributed by atoms with Crippen molar-refractivity contribution in [1.82, 2.24) is 14.7 Å². The number of nitrogens with two attached hydrogens (primary N) is 1. The van der Waals surface area contributed by atoms with Crippen molar-refractivity contribution in [3.8, 4) is 0 Å². The molecule has 1 aromatic heterocycles. The summed E-state index contributed by atoms with van der Waals surface area (Å²) < 4.78 is 1.95. The van der Waals surface area contributed by atoms with Crippen LogP contribution < -0.4 is 5.73 Å². The maximum atomic E-state index is 5.76. The zero-order valence-electron chi connectivity index (χ0n) is 12.6. The summed E-state index contributed by atoms with van der Waals surface area (Å²) in [7, 11) is 2.00. The SMILES string of the molecule is Cc1nn(C)c(C)c1CN(CCN)Cc1ccccc1. The van der Waals surface area contributed by atoms with Gasteiger partial charge in [0.25, 0.3) is 0 Å². The van der Waals surface area contributed by atoms with Gasteiger partial charge in [-0.05, 0) is 19.4 Å². The van der Waals surface area contributed by atoms with Crippen LogP contribution in [-0.2, 0) is 20.1 Å². The minimum absolute atomic E-state index is 0.672. The first-order valence-electron chi connectivity index (χ1n) is 7.07. The molecule has 0 atom stereocenters. The average Bonchev–Trinajstić information content (AvgIpc) is 2.67. The van der Waals surface area contributed by atoms with Gasteiger partial charge in [0.2, 0.25) is 0 Å². The highest BCUT2D eigenvalue weighted by Gasteiger charge is 2.13. The van der Waals surface area contributed by atoms with Gasteiger partial charge in [-0.1, -0.05) is 30.3 Å². The lowest BCUT2D eigenvalue weighted by molar-refractivity contribution is 0.263. The highest BCUT2D eigenvalue weighted by molar-refractivity contribution is 5.24. The number of benzene rings is 1. The maximum Gasteiger partial charge on any atom is 0.0641 e. The van der Waals surface area contributed by atoms with Crippen LogP contribution in [-0.4, -0.2) is 27.8 Å². The van der Waals surface area contributed by atoms with E-state index < -0.39 is 0 Å². The Morgan fingerprint density at radius 1 is 1.15 bits per heavy atom. The molecule has 0 aliphatic heterocycles. The molecule has 0 fully saturated rings. The average molecular weight is 272 g/mol. The molecule has 0 bridgehead atoms. The van der Waals surface area contributed by atoms with Crippen LogP contribution in [0.2, 0.25) is 0 Å². The van der Waals surface area contributed by atoms with Crippen molar-refractivity contribution in [2.45, 2.75) is 26.9 Å². The Bertz CT molecular complexity index is 545. The summed E-state index contributed by atoms with van der Waals surface area (Å²) in [6.45, 7) is 7.58. The molecule has 0 aliphatic carbocycles. The number of aryl methyl sites for hydroxylation is 2. The van der Waals surface area contributed by atoms with Crippen molar-refractivity contribution in [3.63, 3.8) is 0 Å². The fourth-order valence-corrected chi connectivity index (χ4v) is 2.51. The monoisotopic (exact) mass is 272 g/mol. The van der Waals surface area contributed by atoms with E-state index in [1.54, 1.807) is 0 Å². The van der Waals surface area contributed by atoms with E-state index in [0.717, 1.165) is 25.3 Å². The third-order valence-electron chi connectivity index (χ3n) is 3.73. The molecular weight excluding hydrogens is 248 g/mol. The van der Waals surface area contributed by atoms with Crippen molar-refractivity contribution in [2.75, 3.05) is 13.1 Å². The Hall–Kier alpha value is -1.65. The molecule has 2 N–H and O–H groups in total. The molecule has 20 heavy (non-hydrogen) atoms. The molecule has 1 heterocycles. The summed E-state index contributed by atoms with van der Waals surface area (Å²) in [6, 6.07) is 10.5. The molecule has 0 aliphatic rings. The molecule has 4 heteroatoms. The maximum absolute atomic E-state index is 5.76. The molecule has 0 saturated heterocycles. The van der Waals surface area contributed by atoms with E-state index in [1.165, 1.54) is 16.8 Å².